The molecule has 0 saturated heterocycles. The Labute approximate surface area is 126 Å². The topological polar surface area (TPSA) is 54.4 Å². The van der Waals surface area contributed by atoms with Gasteiger partial charge < -0.3 is 5.11 Å². The van der Waals surface area contributed by atoms with Crippen LogP contribution in [0.1, 0.15) is 31.8 Å². The minimum absolute atomic E-state index is 0. The van der Waals surface area contributed by atoms with Crippen LogP contribution in [0.3, 0.4) is 0 Å². The van der Waals surface area contributed by atoms with E-state index in [-0.39, 0.29) is 58.0 Å². The number of aromatic hydroxyl groups is 1. The maximum absolute atomic E-state index is 12.2. The van der Waals surface area contributed by atoms with Crippen LogP contribution >= 0.6 is 0 Å². The minimum atomic E-state index is -0.298. The number of hydrogen-bond acceptors (Lipinski definition) is 3. The zero-order valence-electron chi connectivity index (χ0n) is 8.81. The first-order valence-electron chi connectivity index (χ1n) is 5.20. The number of ketones is 2. The van der Waals surface area contributed by atoms with Crippen molar-refractivity contribution in [2.24, 2.45) is 0 Å². The number of carbonyl (C=O) groups is 2. The number of hydrogen-bond donors (Lipinski definition) is 1. The van der Waals surface area contributed by atoms with Gasteiger partial charge in [-0.15, -0.1) is 0 Å². The molecule has 2 aromatic rings. The van der Waals surface area contributed by atoms with E-state index in [0.717, 1.165) is 0 Å². The number of fused-ring (bicyclic) bond motifs is 2. The molecule has 0 spiro atoms. The van der Waals surface area contributed by atoms with Gasteiger partial charge in [-0.25, -0.2) is 0 Å². The van der Waals surface area contributed by atoms with E-state index in [0.29, 0.717) is 11.1 Å². The van der Waals surface area contributed by atoms with Crippen LogP contribution in [0, 0.1) is 0 Å². The van der Waals surface area contributed by atoms with Crippen molar-refractivity contribution in [3.8, 4) is 5.75 Å². The van der Waals surface area contributed by atoms with Gasteiger partial charge >= 0.3 is 29.6 Å². The first-order chi connectivity index (χ1) is 8.20. The Morgan fingerprint density at radius 1 is 0.722 bits per heavy atom. The second-order valence-electron chi connectivity index (χ2n) is 3.90. The summed E-state index contributed by atoms with van der Waals surface area (Å²) in [5, 5.41) is 9.70. The molecular weight excluding hydrogens is 239 g/mol. The third kappa shape index (κ3) is 1.72. The van der Waals surface area contributed by atoms with E-state index in [1.165, 1.54) is 6.07 Å². The molecule has 0 bridgehead atoms. The van der Waals surface area contributed by atoms with Gasteiger partial charge in [-0.1, -0.05) is 36.4 Å². The number of carbonyl (C=O) groups excluding carboxylic acids is 2. The van der Waals surface area contributed by atoms with Crippen LogP contribution in [-0.4, -0.2) is 46.2 Å². The predicted octanol–water partition coefficient (Wildman–Crippen LogP) is 1.52. The molecule has 0 radical (unpaired) electrons. The molecule has 4 heteroatoms. The average Bonchev–Trinajstić information content (AvgIpc) is 2.36. The summed E-state index contributed by atoms with van der Waals surface area (Å²) in [5.41, 5.74) is 1.13. The SMILES string of the molecule is O=C1c2ccccc2C(=O)c2c(O)cccc21.[NaH]. The Morgan fingerprint density at radius 3 is 1.94 bits per heavy atom. The van der Waals surface area contributed by atoms with E-state index >= 15 is 0 Å². The molecule has 0 heterocycles. The second-order valence-corrected chi connectivity index (χ2v) is 3.90. The summed E-state index contributed by atoms with van der Waals surface area (Å²) in [4.78, 5) is 24.3. The third-order valence-electron chi connectivity index (χ3n) is 2.93. The predicted molar refractivity (Wildman–Crippen MR) is 68.6 cm³/mol. The van der Waals surface area contributed by atoms with Gasteiger partial charge in [-0.2, -0.15) is 0 Å². The van der Waals surface area contributed by atoms with E-state index in [9.17, 15) is 14.7 Å². The van der Waals surface area contributed by atoms with Gasteiger partial charge in [0.05, 0.1) is 5.56 Å². The summed E-state index contributed by atoms with van der Waals surface area (Å²) in [6.45, 7) is 0. The van der Waals surface area contributed by atoms with Crippen molar-refractivity contribution in [1.29, 1.82) is 0 Å². The van der Waals surface area contributed by atoms with E-state index in [1.807, 2.05) is 0 Å². The molecule has 0 aromatic heterocycles. The molecule has 84 valence electrons. The van der Waals surface area contributed by atoms with Gasteiger partial charge in [-0.05, 0) is 6.07 Å². The Bertz CT molecular complexity index is 662. The fourth-order valence-corrected chi connectivity index (χ4v) is 2.13. The van der Waals surface area contributed by atoms with Crippen molar-refractivity contribution in [3.63, 3.8) is 0 Å². The van der Waals surface area contributed by atoms with Crippen molar-refractivity contribution in [2.45, 2.75) is 0 Å². The molecule has 1 aliphatic carbocycles. The molecule has 3 nitrogen and oxygen atoms in total. The summed E-state index contributed by atoms with van der Waals surface area (Å²) >= 11 is 0. The number of phenols is 1. The summed E-state index contributed by atoms with van der Waals surface area (Å²) < 4.78 is 0. The van der Waals surface area contributed by atoms with Gasteiger partial charge in [0.15, 0.2) is 11.6 Å². The monoisotopic (exact) mass is 248 g/mol. The second kappa shape index (κ2) is 4.69. The van der Waals surface area contributed by atoms with E-state index in [1.54, 1.807) is 36.4 Å². The van der Waals surface area contributed by atoms with Gasteiger partial charge in [-0.3, -0.25) is 9.59 Å². The van der Waals surface area contributed by atoms with Crippen molar-refractivity contribution in [2.75, 3.05) is 0 Å². The third-order valence-corrected chi connectivity index (χ3v) is 2.93. The Morgan fingerprint density at radius 2 is 1.28 bits per heavy atom. The van der Waals surface area contributed by atoms with Crippen molar-refractivity contribution in [3.05, 3.63) is 64.7 Å². The molecule has 0 saturated carbocycles. The standard InChI is InChI=1S/C14H8O3.Na.H/c15-11-7-3-6-10-12(11)14(17)9-5-2-1-4-8(9)13(10)16;;/h1-7,15H;;. The van der Waals surface area contributed by atoms with E-state index in [4.69, 9.17) is 0 Å². The van der Waals surface area contributed by atoms with E-state index < -0.39 is 0 Å². The van der Waals surface area contributed by atoms with E-state index in [2.05, 4.69) is 0 Å². The molecule has 18 heavy (non-hydrogen) atoms. The Kier molecular flexibility index (Phi) is 3.39. The summed E-state index contributed by atoms with van der Waals surface area (Å²) in [6.07, 6.45) is 0. The van der Waals surface area contributed by atoms with Crippen LogP contribution in [0.25, 0.3) is 0 Å². The van der Waals surface area contributed by atoms with Crippen LogP contribution in [0.15, 0.2) is 42.5 Å². The van der Waals surface area contributed by atoms with Crippen LogP contribution in [0.4, 0.5) is 0 Å². The van der Waals surface area contributed by atoms with Crippen LogP contribution in [0.5, 0.6) is 5.75 Å². The molecule has 0 fully saturated rings. The van der Waals surface area contributed by atoms with Crippen LogP contribution in [0.2, 0.25) is 0 Å². The summed E-state index contributed by atoms with van der Waals surface area (Å²) in [6, 6.07) is 11.2. The zero-order valence-corrected chi connectivity index (χ0v) is 8.81. The molecule has 3 rings (SSSR count). The molecular formula is C14H9NaO3. The van der Waals surface area contributed by atoms with Gasteiger partial charge in [0.2, 0.25) is 0 Å². The van der Waals surface area contributed by atoms with Gasteiger partial charge in [0.1, 0.15) is 5.75 Å². The molecule has 1 aliphatic rings. The average molecular weight is 248 g/mol. The van der Waals surface area contributed by atoms with Crippen molar-refractivity contribution in [1.82, 2.24) is 0 Å². The molecule has 0 aliphatic heterocycles. The number of rotatable bonds is 0. The summed E-state index contributed by atoms with van der Waals surface area (Å²) in [5.74, 6) is -0.658. The molecule has 1 N–H and O–H groups in total. The fraction of sp³-hybridized carbons (Fsp3) is 0. The Balaban J connectivity index is 0.00000120. The number of benzene rings is 2. The fourth-order valence-electron chi connectivity index (χ4n) is 2.13. The quantitative estimate of drug-likeness (QED) is 0.614. The van der Waals surface area contributed by atoms with Crippen LogP contribution in [-0.2, 0) is 0 Å². The maximum atomic E-state index is 12.2. The Hall–Kier alpha value is -1.42. The first-order valence-corrected chi connectivity index (χ1v) is 5.20. The summed E-state index contributed by atoms with van der Waals surface area (Å²) in [7, 11) is 0. The van der Waals surface area contributed by atoms with Gasteiger partial charge in [0.25, 0.3) is 0 Å². The molecule has 2 aromatic carbocycles. The van der Waals surface area contributed by atoms with Crippen LogP contribution < -0.4 is 0 Å². The number of phenolic OH excluding ortho intramolecular Hbond substituents is 1. The molecule has 0 atom stereocenters. The molecule has 0 amide bonds. The normalized spacial score (nSPS) is 12.4. The molecule has 0 unspecified atom stereocenters. The first kappa shape index (κ1) is 13.0. The zero-order chi connectivity index (χ0) is 12.0. The van der Waals surface area contributed by atoms with Gasteiger partial charge in [0, 0.05) is 16.7 Å². The van der Waals surface area contributed by atoms with Crippen molar-refractivity contribution >= 4 is 41.1 Å². The van der Waals surface area contributed by atoms with Crippen molar-refractivity contribution < 1.29 is 14.7 Å².